The maximum absolute atomic E-state index is 13.7. The molecule has 3 N–H and O–H groups in total. The first-order valence-electron chi connectivity index (χ1n) is 12.4. The third-order valence-electron chi connectivity index (χ3n) is 5.78. The molecule has 2 atom stereocenters. The van der Waals surface area contributed by atoms with E-state index in [4.69, 9.17) is 35.9 Å². The van der Waals surface area contributed by atoms with Crippen molar-refractivity contribution in [1.29, 1.82) is 0 Å². The molecule has 39 heavy (non-hydrogen) atoms. The van der Waals surface area contributed by atoms with Crippen molar-refractivity contribution in [3.8, 4) is 0 Å². The molecule has 208 valence electrons. The van der Waals surface area contributed by atoms with E-state index >= 15 is 0 Å². The van der Waals surface area contributed by atoms with E-state index in [0.717, 1.165) is 11.1 Å². The number of fused-ring (bicyclic) bond motifs is 1. The molecule has 0 spiro atoms. The highest BCUT2D eigenvalue weighted by atomic mass is 35.5. The van der Waals surface area contributed by atoms with Gasteiger partial charge in [-0.1, -0.05) is 61.0 Å². The van der Waals surface area contributed by atoms with Crippen molar-refractivity contribution in [2.75, 3.05) is 25.3 Å². The van der Waals surface area contributed by atoms with Crippen molar-refractivity contribution in [3.05, 3.63) is 87.4 Å². The molecule has 0 fully saturated rings. The average Bonchev–Trinajstić information content (AvgIpc) is 3.34. The summed E-state index contributed by atoms with van der Waals surface area (Å²) in [4.78, 5) is 22.6. The first-order chi connectivity index (χ1) is 18.8. The lowest BCUT2D eigenvalue weighted by molar-refractivity contribution is 0.000172. The summed E-state index contributed by atoms with van der Waals surface area (Å²) >= 11 is 6.07. The summed E-state index contributed by atoms with van der Waals surface area (Å²) in [5.41, 5.74) is 7.51. The SMILES string of the molecule is CCC(COP(=O)(COCCn1cnc2c(=O)[nH]c(N)nc21)OCc1cccc(Cl)c1)OCc1ccccc1. The lowest BCUT2D eigenvalue weighted by atomic mass is 10.2. The second-order valence-corrected chi connectivity index (χ2v) is 11.2. The summed E-state index contributed by atoms with van der Waals surface area (Å²) < 4.78 is 38.6. The number of imidazole rings is 1. The van der Waals surface area contributed by atoms with Gasteiger partial charge in [-0.05, 0) is 29.7 Å². The molecule has 2 unspecified atom stereocenters. The standard InChI is InChI=1S/C26H31ClN5O6P/c1-2-22(36-14-19-7-4-3-5-8-19)16-38-39(34,37-15-20-9-6-10-21(27)13-20)18-35-12-11-32-17-29-23-24(32)30-26(28)31-25(23)33/h3-10,13,17,22H,2,11-12,14-16,18H2,1H3,(H3,28,30,31,33). The van der Waals surface area contributed by atoms with Crippen molar-refractivity contribution >= 4 is 36.3 Å². The highest BCUT2D eigenvalue weighted by Gasteiger charge is 2.27. The number of nitrogens with two attached hydrogens (primary N) is 1. The van der Waals surface area contributed by atoms with Gasteiger partial charge in [0.15, 0.2) is 11.2 Å². The van der Waals surface area contributed by atoms with Crippen LogP contribution in [-0.2, 0) is 42.8 Å². The van der Waals surface area contributed by atoms with Gasteiger partial charge in [0.25, 0.3) is 5.56 Å². The molecule has 0 bridgehead atoms. The van der Waals surface area contributed by atoms with Crippen LogP contribution in [0.3, 0.4) is 0 Å². The van der Waals surface area contributed by atoms with Crippen LogP contribution in [0, 0.1) is 0 Å². The minimum absolute atomic E-state index is 0.0116. The number of nitrogen functional groups attached to an aromatic ring is 1. The molecule has 0 aliphatic carbocycles. The predicted molar refractivity (Wildman–Crippen MR) is 148 cm³/mol. The lowest BCUT2D eigenvalue weighted by Gasteiger charge is -2.22. The van der Waals surface area contributed by atoms with E-state index in [-0.39, 0.29) is 43.7 Å². The van der Waals surface area contributed by atoms with Gasteiger partial charge in [0.1, 0.15) is 6.35 Å². The molecule has 13 heteroatoms. The van der Waals surface area contributed by atoms with Gasteiger partial charge in [-0.3, -0.25) is 14.3 Å². The van der Waals surface area contributed by atoms with E-state index in [1.807, 2.05) is 43.3 Å². The van der Waals surface area contributed by atoms with E-state index in [9.17, 15) is 9.36 Å². The highest BCUT2D eigenvalue weighted by molar-refractivity contribution is 7.53. The Labute approximate surface area is 230 Å². The minimum atomic E-state index is -3.69. The van der Waals surface area contributed by atoms with Crippen LogP contribution in [0.25, 0.3) is 11.2 Å². The van der Waals surface area contributed by atoms with Crippen LogP contribution >= 0.6 is 19.2 Å². The first kappa shape index (κ1) is 28.9. The number of anilines is 1. The number of nitrogens with one attached hydrogen (secondary N) is 1. The molecule has 0 aliphatic rings. The predicted octanol–water partition coefficient (Wildman–Crippen LogP) is 4.75. The lowest BCUT2D eigenvalue weighted by Crippen LogP contribution is -2.19. The molecule has 0 aliphatic heterocycles. The summed E-state index contributed by atoms with van der Waals surface area (Å²) in [6, 6.07) is 16.9. The molecule has 0 saturated carbocycles. The van der Waals surface area contributed by atoms with Gasteiger partial charge < -0.3 is 28.8 Å². The average molecular weight is 576 g/mol. The molecule has 2 aromatic carbocycles. The largest absolute Gasteiger partial charge is 0.371 e. The third kappa shape index (κ3) is 8.47. The molecule has 4 aromatic rings. The highest BCUT2D eigenvalue weighted by Crippen LogP contribution is 2.49. The zero-order valence-corrected chi connectivity index (χ0v) is 23.1. The number of aromatic nitrogens is 4. The van der Waals surface area contributed by atoms with Gasteiger partial charge in [-0.2, -0.15) is 4.98 Å². The van der Waals surface area contributed by atoms with Gasteiger partial charge in [0.2, 0.25) is 5.95 Å². The summed E-state index contributed by atoms with van der Waals surface area (Å²) in [5.74, 6) is -0.0116. The summed E-state index contributed by atoms with van der Waals surface area (Å²) in [5, 5.41) is 0.545. The van der Waals surface area contributed by atoms with Crippen molar-refractivity contribution in [1.82, 2.24) is 19.5 Å². The maximum Gasteiger partial charge on any atom is 0.356 e. The van der Waals surface area contributed by atoms with Gasteiger partial charge >= 0.3 is 7.60 Å². The van der Waals surface area contributed by atoms with Gasteiger partial charge in [-0.15, -0.1) is 0 Å². The van der Waals surface area contributed by atoms with E-state index < -0.39 is 13.2 Å². The fraction of sp³-hybridized carbons (Fsp3) is 0.346. The Morgan fingerprint density at radius 1 is 1.10 bits per heavy atom. The van der Waals surface area contributed by atoms with Crippen LogP contribution in [0.2, 0.25) is 5.02 Å². The Morgan fingerprint density at radius 3 is 2.67 bits per heavy atom. The zero-order chi connectivity index (χ0) is 27.7. The number of rotatable bonds is 15. The minimum Gasteiger partial charge on any atom is -0.371 e. The van der Waals surface area contributed by atoms with E-state index in [0.29, 0.717) is 30.2 Å². The number of nitrogens with zero attached hydrogens (tertiary/aromatic N) is 3. The van der Waals surface area contributed by atoms with Crippen LogP contribution in [-0.4, -0.2) is 45.2 Å². The Morgan fingerprint density at radius 2 is 1.90 bits per heavy atom. The van der Waals surface area contributed by atoms with E-state index in [2.05, 4.69) is 15.0 Å². The van der Waals surface area contributed by atoms with Crippen LogP contribution < -0.4 is 11.3 Å². The second kappa shape index (κ2) is 13.8. The second-order valence-electron chi connectivity index (χ2n) is 8.74. The number of halogens is 1. The van der Waals surface area contributed by atoms with Crippen molar-refractivity contribution in [2.45, 2.75) is 39.2 Å². The molecule has 2 aromatic heterocycles. The van der Waals surface area contributed by atoms with Gasteiger partial charge in [0.05, 0.1) is 38.9 Å². The fourth-order valence-electron chi connectivity index (χ4n) is 3.65. The molecular formula is C26H31ClN5O6P. The Kier molecular flexibility index (Phi) is 10.3. The van der Waals surface area contributed by atoms with E-state index in [1.165, 1.54) is 6.33 Å². The van der Waals surface area contributed by atoms with Gasteiger partial charge in [0, 0.05) is 11.6 Å². The molecule has 11 nitrogen and oxygen atoms in total. The molecule has 0 amide bonds. The molecule has 2 heterocycles. The molecular weight excluding hydrogens is 545 g/mol. The Bertz CT molecular complexity index is 1460. The third-order valence-corrected chi connectivity index (χ3v) is 7.58. The summed E-state index contributed by atoms with van der Waals surface area (Å²) in [6.07, 6.45) is 1.55. The first-order valence-corrected chi connectivity index (χ1v) is 14.5. The number of aromatic amines is 1. The summed E-state index contributed by atoms with van der Waals surface area (Å²) in [7, 11) is -3.69. The normalized spacial score (nSPS) is 13.9. The van der Waals surface area contributed by atoms with Crippen LogP contribution in [0.1, 0.15) is 24.5 Å². The number of H-pyrrole nitrogens is 1. The zero-order valence-electron chi connectivity index (χ0n) is 21.5. The quantitative estimate of drug-likeness (QED) is 0.151. The number of hydrogen-bond donors (Lipinski definition) is 2. The van der Waals surface area contributed by atoms with Crippen LogP contribution in [0.4, 0.5) is 5.95 Å². The monoisotopic (exact) mass is 575 g/mol. The maximum atomic E-state index is 13.7. The number of hydrogen-bond acceptors (Lipinski definition) is 9. The molecule has 4 rings (SSSR count). The van der Waals surface area contributed by atoms with Crippen LogP contribution in [0.5, 0.6) is 0 Å². The number of ether oxygens (including phenoxy) is 2. The van der Waals surface area contributed by atoms with Gasteiger partial charge in [-0.25, -0.2) is 4.98 Å². The van der Waals surface area contributed by atoms with Crippen molar-refractivity contribution in [2.24, 2.45) is 0 Å². The van der Waals surface area contributed by atoms with Crippen LogP contribution in [0.15, 0.2) is 65.7 Å². The Balaban J connectivity index is 1.36. The molecule has 0 saturated heterocycles. The fourth-order valence-corrected chi connectivity index (χ4v) is 5.18. The summed E-state index contributed by atoms with van der Waals surface area (Å²) in [6.45, 7) is 2.90. The van der Waals surface area contributed by atoms with Crippen molar-refractivity contribution < 1.29 is 23.1 Å². The number of benzene rings is 2. The Hall–Kier alpha value is -3.05. The smallest absolute Gasteiger partial charge is 0.356 e. The van der Waals surface area contributed by atoms with Crippen molar-refractivity contribution in [3.63, 3.8) is 0 Å². The molecule has 0 radical (unpaired) electrons. The van der Waals surface area contributed by atoms with E-state index in [1.54, 1.807) is 22.8 Å². The topological polar surface area (TPSA) is 144 Å².